The number of carbonyl (C=O) groups is 2. The first kappa shape index (κ1) is 24.2. The number of aliphatic hydroxyl groups is 1. The number of aliphatic hydroxyl groups excluding tert-OH is 1. The van der Waals surface area contributed by atoms with Crippen LogP contribution in [0.5, 0.6) is 5.75 Å². The molecule has 2 aromatic carbocycles. The van der Waals surface area contributed by atoms with E-state index in [2.05, 4.69) is 18.8 Å². The number of hydrogen-bond acceptors (Lipinski definition) is 5. The topological polar surface area (TPSA) is 79.7 Å². The summed E-state index contributed by atoms with van der Waals surface area (Å²) >= 11 is 0. The van der Waals surface area contributed by atoms with Crippen LogP contribution in [0.3, 0.4) is 0 Å². The molecule has 1 aromatic heterocycles. The number of Topliss-reactive ketones (excluding diaryl/α,β-unsaturated/α-hetero) is 1. The number of pyridine rings is 1. The molecular weight excluding hydrogens is 440 g/mol. The zero-order valence-electron chi connectivity index (χ0n) is 20.5. The molecule has 0 saturated carbocycles. The van der Waals surface area contributed by atoms with E-state index >= 15 is 0 Å². The fourth-order valence-electron chi connectivity index (χ4n) is 4.23. The van der Waals surface area contributed by atoms with Crippen molar-refractivity contribution in [1.29, 1.82) is 0 Å². The van der Waals surface area contributed by atoms with Crippen molar-refractivity contribution in [3.63, 3.8) is 0 Å². The first-order valence-electron chi connectivity index (χ1n) is 11.7. The van der Waals surface area contributed by atoms with Crippen LogP contribution in [-0.4, -0.2) is 33.3 Å². The lowest BCUT2D eigenvalue weighted by molar-refractivity contribution is -0.140. The van der Waals surface area contributed by atoms with Gasteiger partial charge in [0, 0.05) is 24.5 Å². The maximum Gasteiger partial charge on any atom is 0.295 e. The third-order valence-electron chi connectivity index (χ3n) is 6.05. The number of carbonyl (C=O) groups excluding carboxylic acids is 2. The molecule has 180 valence electrons. The third-order valence-corrected chi connectivity index (χ3v) is 6.05. The number of likely N-dealkylation sites (tertiary alicyclic amines) is 1. The zero-order chi connectivity index (χ0) is 25.1. The second-order valence-electron chi connectivity index (χ2n) is 9.38. The van der Waals surface area contributed by atoms with Crippen LogP contribution in [0.4, 0.5) is 0 Å². The SMILES string of the molecule is Cc1ccc(C2/C(=C(\O)c3ccc(OCC(C)C)cc3C)C(=O)C(=O)N2Cc2cccnc2)cc1. The minimum atomic E-state index is -0.716. The third kappa shape index (κ3) is 5.11. The summed E-state index contributed by atoms with van der Waals surface area (Å²) in [5, 5.41) is 11.4. The number of aryl methyl sites for hydroxylation is 2. The lowest BCUT2D eigenvalue weighted by Gasteiger charge is -2.25. The largest absolute Gasteiger partial charge is 0.507 e. The number of rotatable bonds is 7. The Bertz CT molecular complexity index is 1260. The predicted molar refractivity (Wildman–Crippen MR) is 135 cm³/mol. The van der Waals surface area contributed by atoms with Crippen LogP contribution in [0.1, 0.15) is 47.7 Å². The van der Waals surface area contributed by atoms with Gasteiger partial charge < -0.3 is 14.7 Å². The van der Waals surface area contributed by atoms with E-state index in [1.165, 1.54) is 4.90 Å². The van der Waals surface area contributed by atoms with E-state index in [0.717, 1.165) is 22.3 Å². The number of nitrogens with zero attached hydrogens (tertiary/aromatic N) is 2. The van der Waals surface area contributed by atoms with Crippen molar-refractivity contribution in [2.75, 3.05) is 6.61 Å². The van der Waals surface area contributed by atoms with Crippen molar-refractivity contribution in [3.05, 3.63) is 100 Å². The Morgan fingerprint density at radius 2 is 1.83 bits per heavy atom. The summed E-state index contributed by atoms with van der Waals surface area (Å²) in [6.45, 7) is 8.75. The Hall–Kier alpha value is -3.93. The molecule has 1 atom stereocenters. The number of aromatic nitrogens is 1. The highest BCUT2D eigenvalue weighted by Crippen LogP contribution is 2.41. The van der Waals surface area contributed by atoms with Gasteiger partial charge in [-0.2, -0.15) is 0 Å². The summed E-state index contributed by atoms with van der Waals surface area (Å²) in [6, 6.07) is 15.9. The van der Waals surface area contributed by atoms with Crippen molar-refractivity contribution in [1.82, 2.24) is 9.88 Å². The van der Waals surface area contributed by atoms with Crippen molar-refractivity contribution in [3.8, 4) is 5.75 Å². The van der Waals surface area contributed by atoms with E-state index in [-0.39, 0.29) is 17.9 Å². The van der Waals surface area contributed by atoms with Gasteiger partial charge in [0.15, 0.2) is 0 Å². The molecule has 1 aliphatic rings. The smallest absolute Gasteiger partial charge is 0.295 e. The molecule has 35 heavy (non-hydrogen) atoms. The van der Waals surface area contributed by atoms with Crippen LogP contribution < -0.4 is 4.74 Å². The molecule has 2 heterocycles. The van der Waals surface area contributed by atoms with Gasteiger partial charge >= 0.3 is 0 Å². The number of ether oxygens (including phenoxy) is 1. The lowest BCUT2D eigenvalue weighted by atomic mass is 9.93. The van der Waals surface area contributed by atoms with Gasteiger partial charge in [0.05, 0.1) is 18.2 Å². The number of hydrogen-bond donors (Lipinski definition) is 1. The summed E-state index contributed by atoms with van der Waals surface area (Å²) in [4.78, 5) is 32.1. The molecule has 4 rings (SSSR count). The highest BCUT2D eigenvalue weighted by molar-refractivity contribution is 6.46. The highest BCUT2D eigenvalue weighted by atomic mass is 16.5. The Kier molecular flexibility index (Phi) is 7.01. The standard InChI is InChI=1S/C29H30N2O4/c1-18(2)17-35-23-11-12-24(20(4)14-23)27(32)25-26(22-9-7-19(3)8-10-22)31(29(34)28(25)33)16-21-6-5-13-30-15-21/h5-15,18,26,32H,16-17H2,1-4H3/b27-25+. The molecule has 1 amide bonds. The normalized spacial score (nSPS) is 17.3. The Labute approximate surface area is 205 Å². The van der Waals surface area contributed by atoms with Gasteiger partial charge in [-0.05, 0) is 60.7 Å². The molecule has 0 bridgehead atoms. The number of amides is 1. The van der Waals surface area contributed by atoms with Crippen LogP contribution in [-0.2, 0) is 16.1 Å². The van der Waals surface area contributed by atoms with Crippen molar-refractivity contribution < 1.29 is 19.4 Å². The zero-order valence-corrected chi connectivity index (χ0v) is 20.5. The van der Waals surface area contributed by atoms with E-state index in [4.69, 9.17) is 4.74 Å². The summed E-state index contributed by atoms with van der Waals surface area (Å²) in [7, 11) is 0. The predicted octanol–water partition coefficient (Wildman–Crippen LogP) is 5.36. The summed E-state index contributed by atoms with van der Waals surface area (Å²) < 4.78 is 5.80. The van der Waals surface area contributed by atoms with E-state index in [0.29, 0.717) is 23.8 Å². The molecule has 3 aromatic rings. The molecule has 6 nitrogen and oxygen atoms in total. The van der Waals surface area contributed by atoms with Crippen molar-refractivity contribution in [2.45, 2.75) is 40.3 Å². The number of ketones is 1. The van der Waals surface area contributed by atoms with E-state index in [1.54, 1.807) is 30.6 Å². The van der Waals surface area contributed by atoms with Gasteiger partial charge in [0.1, 0.15) is 11.5 Å². The fourth-order valence-corrected chi connectivity index (χ4v) is 4.23. The van der Waals surface area contributed by atoms with Crippen LogP contribution in [0, 0.1) is 19.8 Å². The molecule has 0 radical (unpaired) electrons. The highest BCUT2D eigenvalue weighted by Gasteiger charge is 2.46. The monoisotopic (exact) mass is 470 g/mol. The molecule has 0 aliphatic carbocycles. The minimum absolute atomic E-state index is 0.0849. The average molecular weight is 471 g/mol. The van der Waals surface area contributed by atoms with Crippen molar-refractivity contribution >= 4 is 17.4 Å². The number of benzene rings is 2. The average Bonchev–Trinajstić information content (AvgIpc) is 3.08. The summed E-state index contributed by atoms with van der Waals surface area (Å²) in [6.07, 6.45) is 3.33. The second-order valence-corrected chi connectivity index (χ2v) is 9.38. The molecule has 1 aliphatic heterocycles. The van der Waals surface area contributed by atoms with Crippen LogP contribution >= 0.6 is 0 Å². The minimum Gasteiger partial charge on any atom is -0.507 e. The van der Waals surface area contributed by atoms with Gasteiger partial charge in [-0.15, -0.1) is 0 Å². The Morgan fingerprint density at radius 3 is 2.46 bits per heavy atom. The lowest BCUT2D eigenvalue weighted by Crippen LogP contribution is -2.29. The quantitative estimate of drug-likeness (QED) is 0.286. The molecule has 1 unspecified atom stereocenters. The molecular formula is C29H30N2O4. The molecule has 0 spiro atoms. The van der Waals surface area contributed by atoms with Crippen LogP contribution in [0.25, 0.3) is 5.76 Å². The van der Waals surface area contributed by atoms with Gasteiger partial charge in [0.2, 0.25) is 0 Å². The molecule has 6 heteroatoms. The van der Waals surface area contributed by atoms with Gasteiger partial charge in [-0.25, -0.2) is 0 Å². The van der Waals surface area contributed by atoms with Gasteiger partial charge in [0.25, 0.3) is 11.7 Å². The summed E-state index contributed by atoms with van der Waals surface area (Å²) in [5.41, 5.74) is 3.96. The first-order chi connectivity index (χ1) is 16.8. The van der Waals surface area contributed by atoms with Crippen molar-refractivity contribution in [2.24, 2.45) is 5.92 Å². The van der Waals surface area contributed by atoms with Gasteiger partial charge in [-0.3, -0.25) is 14.6 Å². The second kappa shape index (κ2) is 10.1. The Morgan fingerprint density at radius 1 is 1.09 bits per heavy atom. The molecule has 1 N–H and O–H groups in total. The fraction of sp³-hybridized carbons (Fsp3) is 0.276. The van der Waals surface area contributed by atoms with Crippen LogP contribution in [0.15, 0.2) is 72.6 Å². The van der Waals surface area contributed by atoms with E-state index < -0.39 is 17.7 Å². The Balaban J connectivity index is 1.79. The maximum absolute atomic E-state index is 13.3. The van der Waals surface area contributed by atoms with E-state index in [9.17, 15) is 14.7 Å². The maximum atomic E-state index is 13.3. The molecule has 1 saturated heterocycles. The first-order valence-corrected chi connectivity index (χ1v) is 11.7. The van der Waals surface area contributed by atoms with E-state index in [1.807, 2.05) is 50.2 Å². The summed E-state index contributed by atoms with van der Waals surface area (Å²) in [5.74, 6) is -0.448. The van der Waals surface area contributed by atoms with Gasteiger partial charge in [-0.1, -0.05) is 49.7 Å². The molecule has 1 fully saturated rings. The van der Waals surface area contributed by atoms with Crippen LogP contribution in [0.2, 0.25) is 0 Å².